The van der Waals surface area contributed by atoms with E-state index in [-0.39, 0.29) is 51.4 Å². The third-order valence-electron chi connectivity index (χ3n) is 3.15. The molecule has 0 N–H and O–H groups in total. The summed E-state index contributed by atoms with van der Waals surface area (Å²) in [5.41, 5.74) is 0. The van der Waals surface area contributed by atoms with E-state index in [1.165, 1.54) is 12.1 Å². The molecule has 0 heterocycles. The van der Waals surface area contributed by atoms with E-state index in [0.29, 0.717) is 0 Å². The minimum atomic E-state index is -0.969. The first-order valence-electron chi connectivity index (χ1n) is 4.71. The maximum absolute atomic E-state index is 2.74. The van der Waals surface area contributed by atoms with Gasteiger partial charge < -0.3 is 4.23 Å². The van der Waals surface area contributed by atoms with Crippen LogP contribution < -0.4 is 0 Å². The fraction of sp³-hybridized carbons (Fsp3) is 1.00. The predicted molar refractivity (Wildman–Crippen MR) is 66.4 cm³/mol. The van der Waals surface area contributed by atoms with Crippen molar-refractivity contribution in [2.24, 2.45) is 0 Å². The van der Waals surface area contributed by atoms with Crippen LogP contribution in [-0.4, -0.2) is 79.9 Å². The normalized spacial score (nSPS) is 12.0. The van der Waals surface area contributed by atoms with Gasteiger partial charge in [-0.2, -0.15) is 0 Å². The summed E-state index contributed by atoms with van der Waals surface area (Å²) in [6.45, 7) is 12.1. The summed E-state index contributed by atoms with van der Waals surface area (Å²) in [6, 6.07) is 2.82. The van der Waals surface area contributed by atoms with E-state index in [9.17, 15) is 0 Å². The van der Waals surface area contributed by atoms with E-state index in [0.717, 1.165) is 0 Å². The second-order valence-corrected chi connectivity index (χ2v) is 12.5. The van der Waals surface area contributed by atoms with Gasteiger partial charge >= 0.3 is 51.4 Å². The molecule has 0 rings (SSSR count). The molecule has 0 aromatic carbocycles. The Kier molecular flexibility index (Phi) is 10.1. The Bertz CT molecular complexity index is 116. The molecule has 0 amide bonds. The molecule has 0 aliphatic rings. The zero-order valence-corrected chi connectivity index (χ0v) is 11.1. The minimum absolute atomic E-state index is 0. The summed E-state index contributed by atoms with van der Waals surface area (Å²) in [7, 11) is 0.845. The van der Waals surface area contributed by atoms with Crippen LogP contribution in [0.3, 0.4) is 0 Å². The fourth-order valence-electron chi connectivity index (χ4n) is 1.37. The molecule has 0 unspecified atom stereocenters. The van der Waals surface area contributed by atoms with Gasteiger partial charge in [0.2, 0.25) is 0 Å². The van der Waals surface area contributed by atoms with E-state index in [4.69, 9.17) is 0 Å². The zero-order valence-electron chi connectivity index (χ0n) is 8.94. The molecule has 0 bridgehead atoms. The van der Waals surface area contributed by atoms with E-state index >= 15 is 0 Å². The summed E-state index contributed by atoms with van der Waals surface area (Å²) in [6.07, 6.45) is 0. The van der Waals surface area contributed by atoms with Crippen LogP contribution in [0.2, 0.25) is 31.7 Å². The summed E-state index contributed by atoms with van der Waals surface area (Å²) in [5, 5.41) is 0. The second kappa shape index (κ2) is 7.34. The monoisotopic (exact) mass is 229 g/mol. The summed E-state index contributed by atoms with van der Waals surface area (Å²) in [5.74, 6) is 0. The SMILES string of the molecule is CC[Si](C)(CC)N(C)[SiH](C)C.[KH]. The van der Waals surface area contributed by atoms with Crippen LogP contribution in [0.1, 0.15) is 13.8 Å². The van der Waals surface area contributed by atoms with E-state index in [1.807, 2.05) is 0 Å². The molecule has 0 radical (unpaired) electrons. The van der Waals surface area contributed by atoms with Crippen LogP contribution in [0.4, 0.5) is 0 Å². The van der Waals surface area contributed by atoms with Gasteiger partial charge in [-0.3, -0.25) is 0 Å². The van der Waals surface area contributed by atoms with Gasteiger partial charge in [-0.25, -0.2) is 0 Å². The Morgan fingerprint density at radius 2 is 1.50 bits per heavy atom. The Labute approximate surface area is 123 Å². The molecular weight excluding hydrogens is 205 g/mol. The Balaban J connectivity index is 0. The number of hydrogen-bond donors (Lipinski definition) is 0. The topological polar surface area (TPSA) is 3.24 Å². The fourth-order valence-corrected chi connectivity index (χ4v) is 8.95. The van der Waals surface area contributed by atoms with E-state index < -0.39 is 17.2 Å². The molecule has 0 fully saturated rings. The van der Waals surface area contributed by atoms with Crippen molar-refractivity contribution in [3.63, 3.8) is 0 Å². The van der Waals surface area contributed by atoms with Gasteiger partial charge in [0.15, 0.2) is 0 Å². The van der Waals surface area contributed by atoms with Crippen LogP contribution in [0.25, 0.3) is 0 Å². The maximum atomic E-state index is 2.74. The third-order valence-corrected chi connectivity index (χ3v) is 12.9. The summed E-state index contributed by atoms with van der Waals surface area (Å²) in [4.78, 5) is 0. The van der Waals surface area contributed by atoms with Crippen LogP contribution in [0, 0.1) is 0 Å². The van der Waals surface area contributed by atoms with E-state index in [2.05, 4.69) is 44.8 Å². The average Bonchev–Trinajstić information content (AvgIpc) is 2.01. The van der Waals surface area contributed by atoms with Crippen molar-refractivity contribution >= 4 is 68.6 Å². The Morgan fingerprint density at radius 1 is 1.17 bits per heavy atom. The predicted octanol–water partition coefficient (Wildman–Crippen LogP) is 1.87. The molecule has 0 saturated heterocycles. The van der Waals surface area contributed by atoms with Crippen molar-refractivity contribution in [3.8, 4) is 0 Å². The Morgan fingerprint density at radius 3 is 1.58 bits per heavy atom. The van der Waals surface area contributed by atoms with Crippen LogP contribution in [0.5, 0.6) is 0 Å². The van der Waals surface area contributed by atoms with Gasteiger partial charge in [0.1, 0.15) is 8.24 Å². The van der Waals surface area contributed by atoms with Crippen LogP contribution >= 0.6 is 0 Å². The molecule has 12 heavy (non-hydrogen) atoms. The standard InChI is InChI=1S/C8H23NSi2.K.H/c1-7-11(6,8-2)9(3)10(4)5;;/h10H,7-8H2,1-6H3;;. The van der Waals surface area contributed by atoms with Crippen LogP contribution in [-0.2, 0) is 0 Å². The van der Waals surface area contributed by atoms with Gasteiger partial charge in [0.05, 0.1) is 8.96 Å². The van der Waals surface area contributed by atoms with Gasteiger partial charge in [-0.05, 0) is 19.1 Å². The number of rotatable bonds is 4. The van der Waals surface area contributed by atoms with Crippen LogP contribution in [0.15, 0.2) is 0 Å². The molecule has 0 saturated carbocycles. The molecule has 0 spiro atoms. The van der Waals surface area contributed by atoms with Crippen molar-refractivity contribution in [2.45, 2.75) is 45.6 Å². The van der Waals surface area contributed by atoms with Crippen molar-refractivity contribution in [1.29, 1.82) is 0 Å². The molecule has 0 aromatic heterocycles. The van der Waals surface area contributed by atoms with Crippen molar-refractivity contribution in [3.05, 3.63) is 0 Å². The Hall–Kier alpha value is 2.03. The molecule has 1 nitrogen and oxygen atoms in total. The van der Waals surface area contributed by atoms with Gasteiger partial charge in [-0.1, -0.05) is 33.5 Å². The van der Waals surface area contributed by atoms with Crippen molar-refractivity contribution in [2.75, 3.05) is 7.05 Å². The first kappa shape index (κ1) is 16.5. The molecular formula is C8H24KNSi2. The quantitative estimate of drug-likeness (QED) is 0.665. The first-order chi connectivity index (χ1) is 4.98. The molecule has 70 valence electrons. The third kappa shape index (κ3) is 4.50. The summed E-state index contributed by atoms with van der Waals surface area (Å²) < 4.78 is 2.74. The van der Waals surface area contributed by atoms with E-state index in [1.54, 1.807) is 0 Å². The zero-order chi connectivity index (χ0) is 9.07. The van der Waals surface area contributed by atoms with Crippen molar-refractivity contribution < 1.29 is 0 Å². The average molecular weight is 230 g/mol. The van der Waals surface area contributed by atoms with Crippen molar-refractivity contribution in [1.82, 2.24) is 4.23 Å². The number of nitrogens with zero attached hydrogens (tertiary/aromatic N) is 1. The molecule has 0 aliphatic heterocycles. The van der Waals surface area contributed by atoms with Gasteiger partial charge in [0.25, 0.3) is 0 Å². The molecule has 0 atom stereocenters. The second-order valence-electron chi connectivity index (χ2n) is 3.91. The molecule has 4 heteroatoms. The molecule has 0 aromatic rings. The number of hydrogen-bond acceptors (Lipinski definition) is 1. The first-order valence-corrected chi connectivity index (χ1v) is 10.4. The summed E-state index contributed by atoms with van der Waals surface area (Å²) >= 11 is 0. The van der Waals surface area contributed by atoms with Gasteiger partial charge in [-0.15, -0.1) is 0 Å². The van der Waals surface area contributed by atoms with Gasteiger partial charge in [0, 0.05) is 0 Å². The molecule has 0 aliphatic carbocycles.